The van der Waals surface area contributed by atoms with Gasteiger partial charge in [-0.05, 0) is 25.5 Å². The molecule has 0 fully saturated rings. The summed E-state index contributed by atoms with van der Waals surface area (Å²) in [5.74, 6) is 0. The largest absolute Gasteiger partial charge is 0.290 e. The Morgan fingerprint density at radius 1 is 1.15 bits per heavy atom. The number of nitrogens with zero attached hydrogens (tertiary/aromatic N) is 3. The molecule has 0 saturated carbocycles. The van der Waals surface area contributed by atoms with E-state index in [0.29, 0.717) is 29.2 Å². The normalized spacial score (nSPS) is 11.6. The van der Waals surface area contributed by atoms with Crippen LogP contribution >= 0.6 is 0 Å². The first kappa shape index (κ1) is 18.3. The molecule has 0 unspecified atom stereocenters. The summed E-state index contributed by atoms with van der Waals surface area (Å²) in [7, 11) is 0. The number of H-pyrrole nitrogens is 1. The van der Waals surface area contributed by atoms with Crippen molar-refractivity contribution >= 4 is 11.4 Å². The Morgan fingerprint density at radius 2 is 1.81 bits per heavy atom. The first-order valence-electron chi connectivity index (χ1n) is 8.69. The zero-order chi connectivity index (χ0) is 19.4. The average Bonchev–Trinajstić information content (AvgIpc) is 3.04. The molecule has 0 saturated heterocycles. The third kappa shape index (κ3) is 3.72. The van der Waals surface area contributed by atoms with E-state index >= 15 is 0 Å². The maximum absolute atomic E-state index is 13.1. The van der Waals surface area contributed by atoms with Gasteiger partial charge in [0.25, 0.3) is 11.2 Å². The molecule has 2 aromatic carbocycles. The van der Waals surface area contributed by atoms with Crippen LogP contribution in [0.15, 0.2) is 64.4 Å². The number of nitro benzene ring substituents is 1. The minimum atomic E-state index is -0.469. The molecule has 3 aromatic rings. The fourth-order valence-electron chi connectivity index (χ4n) is 2.85. The van der Waals surface area contributed by atoms with Crippen LogP contribution < -0.4 is 5.56 Å². The lowest BCUT2D eigenvalue weighted by molar-refractivity contribution is -0.384. The molecule has 27 heavy (non-hydrogen) atoms. The van der Waals surface area contributed by atoms with Gasteiger partial charge in [-0.3, -0.25) is 25.0 Å². The molecule has 0 aliphatic rings. The summed E-state index contributed by atoms with van der Waals surface area (Å²) in [5.41, 5.74) is 2.98. The van der Waals surface area contributed by atoms with Gasteiger partial charge in [0.1, 0.15) is 0 Å². The SMILES string of the molecule is CCCN=C(C)c1c(-c2ccccc2)[nH]n(-c2ccc([N+](=O)[O-])cc2)c1=O. The summed E-state index contributed by atoms with van der Waals surface area (Å²) < 4.78 is 1.40. The van der Waals surface area contributed by atoms with Crippen molar-refractivity contribution in [3.05, 3.63) is 80.6 Å². The fraction of sp³-hybridized carbons (Fsp3) is 0.200. The van der Waals surface area contributed by atoms with Gasteiger partial charge in [-0.25, -0.2) is 4.68 Å². The monoisotopic (exact) mass is 364 g/mol. The molecule has 0 atom stereocenters. The summed E-state index contributed by atoms with van der Waals surface area (Å²) in [6.07, 6.45) is 0.888. The predicted molar refractivity (Wildman–Crippen MR) is 106 cm³/mol. The predicted octanol–water partition coefficient (Wildman–Crippen LogP) is 3.96. The van der Waals surface area contributed by atoms with Gasteiger partial charge in [-0.2, -0.15) is 0 Å². The minimum absolute atomic E-state index is 0.0254. The molecule has 1 aromatic heterocycles. The van der Waals surface area contributed by atoms with Crippen LogP contribution in [0, 0.1) is 10.1 Å². The van der Waals surface area contributed by atoms with Crippen LogP contribution in [0.1, 0.15) is 25.8 Å². The van der Waals surface area contributed by atoms with Crippen LogP contribution in [0.25, 0.3) is 16.9 Å². The Hall–Kier alpha value is -3.48. The van der Waals surface area contributed by atoms with Gasteiger partial charge >= 0.3 is 0 Å². The number of hydrogen-bond donors (Lipinski definition) is 1. The molecule has 3 rings (SSSR count). The molecule has 0 aliphatic heterocycles. The van der Waals surface area contributed by atoms with Crippen LogP contribution in [0.5, 0.6) is 0 Å². The van der Waals surface area contributed by atoms with E-state index in [1.807, 2.05) is 44.2 Å². The van der Waals surface area contributed by atoms with Crippen molar-refractivity contribution in [3.63, 3.8) is 0 Å². The highest BCUT2D eigenvalue weighted by Crippen LogP contribution is 2.22. The lowest BCUT2D eigenvalue weighted by Gasteiger charge is -2.03. The number of nitrogens with one attached hydrogen (secondary N) is 1. The standard InChI is InChI=1S/C20H20N4O3/c1-3-13-21-14(2)18-19(15-7-5-4-6-8-15)22-23(20(18)25)16-9-11-17(12-10-16)24(26)27/h4-12,22H,3,13H2,1-2H3. The van der Waals surface area contributed by atoms with Crippen molar-refractivity contribution in [3.8, 4) is 16.9 Å². The van der Waals surface area contributed by atoms with Crippen LogP contribution in [0.4, 0.5) is 5.69 Å². The van der Waals surface area contributed by atoms with E-state index < -0.39 is 4.92 Å². The highest BCUT2D eigenvalue weighted by atomic mass is 16.6. The van der Waals surface area contributed by atoms with Gasteiger partial charge in [0.15, 0.2) is 0 Å². The highest BCUT2D eigenvalue weighted by molar-refractivity contribution is 6.03. The molecule has 0 bridgehead atoms. The number of aliphatic imine (C=N–C) groups is 1. The van der Waals surface area contributed by atoms with Gasteiger partial charge in [0.05, 0.1) is 21.9 Å². The molecule has 7 nitrogen and oxygen atoms in total. The number of rotatable bonds is 6. The van der Waals surface area contributed by atoms with E-state index in [1.165, 1.54) is 16.8 Å². The molecule has 0 aliphatic carbocycles. The van der Waals surface area contributed by atoms with Gasteiger partial charge in [-0.15, -0.1) is 0 Å². The molecule has 138 valence electrons. The molecule has 1 heterocycles. The van der Waals surface area contributed by atoms with Crippen LogP contribution in [0.3, 0.4) is 0 Å². The van der Waals surface area contributed by atoms with E-state index in [9.17, 15) is 14.9 Å². The van der Waals surface area contributed by atoms with Gasteiger partial charge in [0, 0.05) is 30.0 Å². The summed E-state index contributed by atoms with van der Waals surface area (Å²) in [4.78, 5) is 28.0. The summed E-state index contributed by atoms with van der Waals surface area (Å²) in [5, 5.41) is 14.0. The van der Waals surface area contributed by atoms with E-state index in [0.717, 1.165) is 12.0 Å². The molecular weight excluding hydrogens is 344 g/mol. The topological polar surface area (TPSA) is 93.3 Å². The number of benzene rings is 2. The average molecular weight is 364 g/mol. The van der Waals surface area contributed by atoms with E-state index in [1.54, 1.807) is 12.1 Å². The summed E-state index contributed by atoms with van der Waals surface area (Å²) in [6.45, 7) is 4.50. The summed E-state index contributed by atoms with van der Waals surface area (Å²) in [6, 6.07) is 15.4. The second kappa shape index (κ2) is 7.82. The quantitative estimate of drug-likeness (QED) is 0.407. The smallest absolute Gasteiger partial charge is 0.280 e. The third-order valence-electron chi connectivity index (χ3n) is 4.21. The lowest BCUT2D eigenvalue weighted by atomic mass is 10.1. The molecular formula is C20H20N4O3. The maximum Gasteiger partial charge on any atom is 0.280 e. The van der Waals surface area contributed by atoms with Gasteiger partial charge < -0.3 is 0 Å². The molecule has 7 heteroatoms. The highest BCUT2D eigenvalue weighted by Gasteiger charge is 2.19. The van der Waals surface area contributed by atoms with Crippen molar-refractivity contribution < 1.29 is 4.92 Å². The van der Waals surface area contributed by atoms with E-state index in [-0.39, 0.29) is 11.2 Å². The van der Waals surface area contributed by atoms with Gasteiger partial charge in [-0.1, -0.05) is 37.3 Å². The van der Waals surface area contributed by atoms with E-state index in [4.69, 9.17) is 0 Å². The van der Waals surface area contributed by atoms with Crippen molar-refractivity contribution in [1.82, 2.24) is 9.78 Å². The summed E-state index contributed by atoms with van der Waals surface area (Å²) >= 11 is 0. The number of hydrogen-bond acceptors (Lipinski definition) is 4. The number of aromatic amines is 1. The molecule has 0 spiro atoms. The Balaban J connectivity index is 2.18. The molecule has 0 amide bonds. The van der Waals surface area contributed by atoms with Crippen molar-refractivity contribution in [2.24, 2.45) is 4.99 Å². The first-order chi connectivity index (χ1) is 13.0. The fourth-order valence-corrected chi connectivity index (χ4v) is 2.85. The molecule has 0 radical (unpaired) electrons. The Labute approximate surface area is 156 Å². The third-order valence-corrected chi connectivity index (χ3v) is 4.21. The first-order valence-corrected chi connectivity index (χ1v) is 8.69. The second-order valence-electron chi connectivity index (χ2n) is 6.11. The Morgan fingerprint density at radius 3 is 2.41 bits per heavy atom. The lowest BCUT2D eigenvalue weighted by Crippen LogP contribution is -2.19. The van der Waals surface area contributed by atoms with Crippen LogP contribution in [-0.4, -0.2) is 27.0 Å². The molecule has 1 N–H and O–H groups in total. The van der Waals surface area contributed by atoms with Crippen molar-refractivity contribution in [2.75, 3.05) is 6.54 Å². The number of aromatic nitrogens is 2. The van der Waals surface area contributed by atoms with Gasteiger partial charge in [0.2, 0.25) is 0 Å². The number of nitro groups is 1. The Kier molecular flexibility index (Phi) is 5.30. The van der Waals surface area contributed by atoms with Crippen LogP contribution in [0.2, 0.25) is 0 Å². The zero-order valence-corrected chi connectivity index (χ0v) is 15.2. The second-order valence-corrected chi connectivity index (χ2v) is 6.11. The van der Waals surface area contributed by atoms with Crippen LogP contribution in [-0.2, 0) is 0 Å². The Bertz CT molecular complexity index is 1030. The van der Waals surface area contributed by atoms with Crippen molar-refractivity contribution in [2.45, 2.75) is 20.3 Å². The maximum atomic E-state index is 13.1. The minimum Gasteiger partial charge on any atom is -0.290 e. The zero-order valence-electron chi connectivity index (χ0n) is 15.2. The van der Waals surface area contributed by atoms with Crippen molar-refractivity contribution in [1.29, 1.82) is 0 Å². The van der Waals surface area contributed by atoms with E-state index in [2.05, 4.69) is 10.1 Å². The number of non-ortho nitro benzene ring substituents is 1.